The third-order valence-corrected chi connectivity index (χ3v) is 6.84. The van der Waals surface area contributed by atoms with Gasteiger partial charge in [0.25, 0.3) is 0 Å². The Kier molecular flexibility index (Phi) is 13.3. The second-order valence-corrected chi connectivity index (χ2v) is 8.83. The van der Waals surface area contributed by atoms with Gasteiger partial charge in [0.1, 0.15) is 0 Å². The highest BCUT2D eigenvalue weighted by Crippen LogP contribution is 2.21. The van der Waals surface area contributed by atoms with Crippen LogP contribution >= 0.6 is 0 Å². The van der Waals surface area contributed by atoms with E-state index in [0.717, 1.165) is 38.1 Å². The number of allylic oxidation sites excluding steroid dienone is 1. The van der Waals surface area contributed by atoms with Crippen LogP contribution in [0.2, 0.25) is 6.04 Å². The average molecular weight is 347 g/mol. The van der Waals surface area contributed by atoms with Crippen molar-refractivity contribution >= 4 is 14.8 Å². The molecule has 0 aromatic heterocycles. The molecule has 0 N–H and O–H groups in total. The Morgan fingerprint density at radius 1 is 0.783 bits per heavy atom. The van der Waals surface area contributed by atoms with Gasteiger partial charge in [-0.15, -0.1) is 0 Å². The maximum absolute atomic E-state index is 11.0. The first-order valence-electron chi connectivity index (χ1n) is 8.42. The summed E-state index contributed by atoms with van der Waals surface area (Å²) >= 11 is 0. The van der Waals surface area contributed by atoms with Gasteiger partial charge < -0.3 is 18.0 Å². The largest absolute Gasteiger partial charge is 0.500 e. The number of rotatable bonds is 15. The molecule has 0 aromatic carbocycles. The van der Waals surface area contributed by atoms with Crippen molar-refractivity contribution < 1.29 is 22.8 Å². The van der Waals surface area contributed by atoms with Gasteiger partial charge in [0.05, 0.1) is 7.11 Å². The SMILES string of the molecule is C=C(CCCCCCCCC(=O)OC)CC[Si](OC)(OC)OC. The van der Waals surface area contributed by atoms with Crippen LogP contribution in [0.4, 0.5) is 0 Å². The lowest BCUT2D eigenvalue weighted by Crippen LogP contribution is -2.42. The maximum atomic E-state index is 11.0. The predicted molar refractivity (Wildman–Crippen MR) is 94.3 cm³/mol. The van der Waals surface area contributed by atoms with Crippen LogP contribution in [-0.2, 0) is 22.8 Å². The molecule has 0 bridgehead atoms. The quantitative estimate of drug-likeness (QED) is 0.193. The molecule has 0 heterocycles. The number of carbonyl (C=O) groups excluding carboxylic acids is 1. The number of esters is 1. The molecule has 6 heteroatoms. The third kappa shape index (κ3) is 10.7. The van der Waals surface area contributed by atoms with E-state index in [1.165, 1.54) is 31.9 Å². The van der Waals surface area contributed by atoms with Crippen LogP contribution in [0.15, 0.2) is 12.2 Å². The molecule has 0 aromatic rings. The fourth-order valence-corrected chi connectivity index (χ4v) is 4.24. The minimum atomic E-state index is -2.46. The summed E-state index contributed by atoms with van der Waals surface area (Å²) in [5, 5.41) is 0. The smallest absolute Gasteiger partial charge is 0.469 e. The molecule has 0 saturated heterocycles. The Morgan fingerprint density at radius 3 is 1.74 bits per heavy atom. The monoisotopic (exact) mass is 346 g/mol. The molecule has 0 unspecified atom stereocenters. The molecule has 5 nitrogen and oxygen atoms in total. The van der Waals surface area contributed by atoms with E-state index >= 15 is 0 Å². The van der Waals surface area contributed by atoms with E-state index in [9.17, 15) is 4.79 Å². The number of methoxy groups -OCH3 is 1. The number of carbonyl (C=O) groups is 1. The highest BCUT2D eigenvalue weighted by atomic mass is 28.4. The molecule has 0 rings (SSSR count). The fraction of sp³-hybridized carbons (Fsp3) is 0.824. The van der Waals surface area contributed by atoms with E-state index in [4.69, 9.17) is 13.3 Å². The minimum absolute atomic E-state index is 0.107. The van der Waals surface area contributed by atoms with Crippen molar-refractivity contribution in [2.75, 3.05) is 28.4 Å². The molecule has 0 atom stereocenters. The Morgan fingerprint density at radius 2 is 1.26 bits per heavy atom. The lowest BCUT2D eigenvalue weighted by Gasteiger charge is -2.24. The summed E-state index contributed by atoms with van der Waals surface area (Å²) in [6.07, 6.45) is 9.26. The van der Waals surface area contributed by atoms with Crippen molar-refractivity contribution in [3.8, 4) is 0 Å². The lowest BCUT2D eigenvalue weighted by atomic mass is 10.0. The number of ether oxygens (including phenoxy) is 1. The highest BCUT2D eigenvalue weighted by Gasteiger charge is 2.37. The number of unbranched alkanes of at least 4 members (excludes halogenated alkanes) is 5. The van der Waals surface area contributed by atoms with Gasteiger partial charge in [-0.3, -0.25) is 4.79 Å². The van der Waals surface area contributed by atoms with Crippen LogP contribution in [0.25, 0.3) is 0 Å². The molecule has 136 valence electrons. The van der Waals surface area contributed by atoms with E-state index in [2.05, 4.69) is 11.3 Å². The van der Waals surface area contributed by atoms with E-state index in [1.54, 1.807) is 21.3 Å². The number of hydrogen-bond acceptors (Lipinski definition) is 5. The van der Waals surface area contributed by atoms with Crippen LogP contribution in [0.3, 0.4) is 0 Å². The Balaban J connectivity index is 3.59. The van der Waals surface area contributed by atoms with Crippen molar-refractivity contribution in [1.29, 1.82) is 0 Å². The van der Waals surface area contributed by atoms with Crippen molar-refractivity contribution in [3.05, 3.63) is 12.2 Å². The summed E-state index contributed by atoms with van der Waals surface area (Å²) < 4.78 is 20.9. The van der Waals surface area contributed by atoms with Gasteiger partial charge in [0.15, 0.2) is 0 Å². The molecule has 0 radical (unpaired) electrons. The molecule has 0 aliphatic rings. The highest BCUT2D eigenvalue weighted by molar-refractivity contribution is 6.60. The van der Waals surface area contributed by atoms with E-state index in [0.29, 0.717) is 6.42 Å². The zero-order chi connectivity index (χ0) is 17.6. The van der Waals surface area contributed by atoms with Crippen molar-refractivity contribution in [2.45, 2.75) is 63.8 Å². The molecular weight excluding hydrogens is 312 g/mol. The molecule has 0 saturated carbocycles. The van der Waals surface area contributed by atoms with Crippen LogP contribution < -0.4 is 0 Å². The zero-order valence-corrected chi connectivity index (χ0v) is 16.3. The van der Waals surface area contributed by atoms with E-state index in [1.807, 2.05) is 0 Å². The first-order valence-corrected chi connectivity index (χ1v) is 10.4. The molecule has 0 amide bonds. The maximum Gasteiger partial charge on any atom is 0.500 e. The van der Waals surface area contributed by atoms with E-state index in [-0.39, 0.29) is 5.97 Å². The summed E-state index contributed by atoms with van der Waals surface area (Å²) in [6, 6.07) is 0.781. The normalized spacial score (nSPS) is 11.5. The molecule has 0 fully saturated rings. The second-order valence-electron chi connectivity index (χ2n) is 5.74. The van der Waals surface area contributed by atoms with E-state index < -0.39 is 8.80 Å². The van der Waals surface area contributed by atoms with Crippen LogP contribution in [-0.4, -0.2) is 43.2 Å². The number of hydrogen-bond donors (Lipinski definition) is 0. The lowest BCUT2D eigenvalue weighted by molar-refractivity contribution is -0.140. The summed E-state index contributed by atoms with van der Waals surface area (Å²) in [6.45, 7) is 4.14. The van der Waals surface area contributed by atoms with Gasteiger partial charge in [0, 0.05) is 33.8 Å². The van der Waals surface area contributed by atoms with Gasteiger partial charge in [-0.1, -0.05) is 37.8 Å². The van der Waals surface area contributed by atoms with Gasteiger partial charge in [-0.2, -0.15) is 0 Å². The average Bonchev–Trinajstić information content (AvgIpc) is 2.58. The first-order chi connectivity index (χ1) is 11.0. The zero-order valence-electron chi connectivity index (χ0n) is 15.3. The Labute approximate surface area is 142 Å². The molecule has 0 aliphatic heterocycles. The Hall–Kier alpha value is -0.693. The van der Waals surface area contributed by atoms with Gasteiger partial charge in [0.2, 0.25) is 0 Å². The third-order valence-electron chi connectivity index (χ3n) is 4.11. The molecular formula is C17H34O5Si. The predicted octanol–water partition coefficient (Wildman–Crippen LogP) is 4.10. The van der Waals surface area contributed by atoms with Crippen molar-refractivity contribution in [1.82, 2.24) is 0 Å². The van der Waals surface area contributed by atoms with Gasteiger partial charge in [-0.25, -0.2) is 0 Å². The Bertz CT molecular complexity index is 321. The molecule has 23 heavy (non-hydrogen) atoms. The van der Waals surface area contributed by atoms with Crippen LogP contribution in [0.5, 0.6) is 0 Å². The standard InChI is InChI=1S/C17H34O5Si/c1-16(14-15-23(20-3,21-4)22-5)12-10-8-6-7-9-11-13-17(18)19-2/h1,6-15H2,2-5H3. The minimum Gasteiger partial charge on any atom is -0.469 e. The summed E-state index contributed by atoms with van der Waals surface area (Å²) in [5.41, 5.74) is 1.23. The summed E-state index contributed by atoms with van der Waals surface area (Å²) in [4.78, 5) is 11.0. The van der Waals surface area contributed by atoms with Gasteiger partial charge >= 0.3 is 14.8 Å². The molecule has 0 spiro atoms. The van der Waals surface area contributed by atoms with Gasteiger partial charge in [-0.05, 0) is 25.7 Å². The topological polar surface area (TPSA) is 54.0 Å². The second kappa shape index (κ2) is 13.7. The van der Waals surface area contributed by atoms with Crippen molar-refractivity contribution in [3.63, 3.8) is 0 Å². The molecule has 0 aliphatic carbocycles. The first kappa shape index (κ1) is 22.3. The summed E-state index contributed by atoms with van der Waals surface area (Å²) in [5.74, 6) is -0.107. The fourth-order valence-electron chi connectivity index (χ4n) is 2.46. The van der Waals surface area contributed by atoms with Crippen molar-refractivity contribution in [2.24, 2.45) is 0 Å². The van der Waals surface area contributed by atoms with Crippen LogP contribution in [0, 0.1) is 0 Å². The van der Waals surface area contributed by atoms with Crippen LogP contribution in [0.1, 0.15) is 57.8 Å². The summed E-state index contributed by atoms with van der Waals surface area (Å²) in [7, 11) is 3.90.